The second-order valence-corrected chi connectivity index (χ2v) is 4.64. The number of pyridine rings is 1. The van der Waals surface area contributed by atoms with Gasteiger partial charge in [0.15, 0.2) is 5.65 Å². The normalized spacial score (nSPS) is 11.1. The SMILES string of the molecule is COCCCc1nc2cccnc2n1-c1ccccc1. The van der Waals surface area contributed by atoms with Crippen LogP contribution in [0.4, 0.5) is 0 Å². The molecule has 0 saturated heterocycles. The monoisotopic (exact) mass is 267 g/mol. The summed E-state index contributed by atoms with van der Waals surface area (Å²) in [4.78, 5) is 9.18. The minimum Gasteiger partial charge on any atom is -0.385 e. The molecule has 102 valence electrons. The van der Waals surface area contributed by atoms with Gasteiger partial charge in [0, 0.05) is 32.0 Å². The van der Waals surface area contributed by atoms with E-state index in [0.717, 1.165) is 42.1 Å². The number of hydrogen-bond donors (Lipinski definition) is 0. The van der Waals surface area contributed by atoms with Gasteiger partial charge in [-0.15, -0.1) is 0 Å². The predicted octanol–water partition coefficient (Wildman–Crippen LogP) is 3.00. The molecular weight excluding hydrogens is 250 g/mol. The number of rotatable bonds is 5. The van der Waals surface area contributed by atoms with Crippen LogP contribution >= 0.6 is 0 Å². The minimum atomic E-state index is 0.741. The van der Waals surface area contributed by atoms with Gasteiger partial charge in [0.2, 0.25) is 0 Å². The van der Waals surface area contributed by atoms with Gasteiger partial charge in [-0.25, -0.2) is 9.97 Å². The minimum absolute atomic E-state index is 0.741. The standard InChI is InChI=1S/C16H17N3O/c1-20-12-6-10-15-18-14-9-5-11-17-16(14)19(15)13-7-3-2-4-8-13/h2-5,7-9,11H,6,10,12H2,1H3. The maximum absolute atomic E-state index is 5.13. The zero-order chi connectivity index (χ0) is 13.8. The fourth-order valence-electron chi connectivity index (χ4n) is 2.35. The Labute approximate surface area is 118 Å². The topological polar surface area (TPSA) is 39.9 Å². The Bertz CT molecular complexity index is 691. The van der Waals surface area contributed by atoms with Gasteiger partial charge in [-0.1, -0.05) is 18.2 Å². The molecule has 0 aliphatic heterocycles. The third-order valence-corrected chi connectivity index (χ3v) is 3.25. The smallest absolute Gasteiger partial charge is 0.164 e. The van der Waals surface area contributed by atoms with E-state index in [2.05, 4.69) is 21.7 Å². The van der Waals surface area contributed by atoms with Crippen LogP contribution in [0.25, 0.3) is 16.9 Å². The lowest BCUT2D eigenvalue weighted by atomic mass is 10.2. The molecule has 0 spiro atoms. The molecule has 20 heavy (non-hydrogen) atoms. The summed E-state index contributed by atoms with van der Waals surface area (Å²) in [7, 11) is 1.72. The van der Waals surface area contributed by atoms with Crippen molar-refractivity contribution in [1.29, 1.82) is 0 Å². The van der Waals surface area contributed by atoms with Crippen molar-refractivity contribution in [2.24, 2.45) is 0 Å². The Hall–Kier alpha value is -2.20. The molecule has 0 atom stereocenters. The summed E-state index contributed by atoms with van der Waals surface area (Å²) < 4.78 is 7.26. The van der Waals surface area contributed by atoms with Crippen molar-refractivity contribution < 1.29 is 4.74 Å². The molecule has 2 aromatic heterocycles. The van der Waals surface area contributed by atoms with Gasteiger partial charge in [0.1, 0.15) is 11.3 Å². The number of aromatic nitrogens is 3. The first-order valence-corrected chi connectivity index (χ1v) is 6.77. The van der Waals surface area contributed by atoms with Crippen molar-refractivity contribution >= 4 is 11.2 Å². The predicted molar refractivity (Wildman–Crippen MR) is 79.1 cm³/mol. The number of imidazole rings is 1. The molecule has 0 fully saturated rings. The second-order valence-electron chi connectivity index (χ2n) is 4.64. The van der Waals surface area contributed by atoms with E-state index < -0.39 is 0 Å². The van der Waals surface area contributed by atoms with Crippen LogP contribution in [-0.4, -0.2) is 28.3 Å². The van der Waals surface area contributed by atoms with E-state index in [1.807, 2.05) is 36.5 Å². The first kappa shape index (κ1) is 12.8. The molecule has 3 aromatic rings. The summed E-state index contributed by atoms with van der Waals surface area (Å²) in [6.07, 6.45) is 3.63. The lowest BCUT2D eigenvalue weighted by molar-refractivity contribution is 0.194. The quantitative estimate of drug-likeness (QED) is 0.667. The summed E-state index contributed by atoms with van der Waals surface area (Å²) in [6.45, 7) is 0.741. The van der Waals surface area contributed by atoms with E-state index in [4.69, 9.17) is 9.72 Å². The van der Waals surface area contributed by atoms with Crippen LogP contribution in [-0.2, 0) is 11.2 Å². The van der Waals surface area contributed by atoms with Crippen LogP contribution in [0.5, 0.6) is 0 Å². The first-order chi connectivity index (χ1) is 9.90. The molecule has 0 N–H and O–H groups in total. The van der Waals surface area contributed by atoms with Gasteiger partial charge >= 0.3 is 0 Å². The molecule has 3 rings (SSSR count). The Morgan fingerprint density at radius 3 is 2.75 bits per heavy atom. The Morgan fingerprint density at radius 1 is 1.10 bits per heavy atom. The van der Waals surface area contributed by atoms with E-state index in [1.54, 1.807) is 7.11 Å². The highest BCUT2D eigenvalue weighted by Crippen LogP contribution is 2.20. The average Bonchev–Trinajstić information content (AvgIpc) is 2.86. The Morgan fingerprint density at radius 2 is 1.95 bits per heavy atom. The van der Waals surface area contributed by atoms with Gasteiger partial charge in [0.25, 0.3) is 0 Å². The Balaban J connectivity index is 2.09. The second kappa shape index (κ2) is 5.84. The fourth-order valence-corrected chi connectivity index (χ4v) is 2.35. The number of para-hydroxylation sites is 1. The van der Waals surface area contributed by atoms with Crippen molar-refractivity contribution in [2.75, 3.05) is 13.7 Å². The molecule has 0 aliphatic rings. The van der Waals surface area contributed by atoms with Crippen molar-refractivity contribution in [3.63, 3.8) is 0 Å². The number of hydrogen-bond acceptors (Lipinski definition) is 3. The third kappa shape index (κ3) is 2.42. The van der Waals surface area contributed by atoms with Gasteiger partial charge in [-0.3, -0.25) is 4.57 Å². The van der Waals surface area contributed by atoms with Gasteiger partial charge in [-0.05, 0) is 30.7 Å². The summed E-state index contributed by atoms with van der Waals surface area (Å²) >= 11 is 0. The zero-order valence-electron chi connectivity index (χ0n) is 11.5. The zero-order valence-corrected chi connectivity index (χ0v) is 11.5. The summed E-state index contributed by atoms with van der Waals surface area (Å²) in [5.41, 5.74) is 2.94. The summed E-state index contributed by atoms with van der Waals surface area (Å²) in [5, 5.41) is 0. The largest absolute Gasteiger partial charge is 0.385 e. The van der Waals surface area contributed by atoms with Crippen molar-refractivity contribution in [3.8, 4) is 5.69 Å². The van der Waals surface area contributed by atoms with E-state index in [1.165, 1.54) is 0 Å². The molecule has 0 amide bonds. The van der Waals surface area contributed by atoms with Crippen LogP contribution in [0.1, 0.15) is 12.2 Å². The summed E-state index contributed by atoms with van der Waals surface area (Å²) in [6, 6.07) is 14.2. The van der Waals surface area contributed by atoms with Crippen LogP contribution in [0, 0.1) is 0 Å². The van der Waals surface area contributed by atoms with Gasteiger partial charge < -0.3 is 4.74 Å². The number of fused-ring (bicyclic) bond motifs is 1. The average molecular weight is 267 g/mol. The third-order valence-electron chi connectivity index (χ3n) is 3.25. The van der Waals surface area contributed by atoms with E-state index in [9.17, 15) is 0 Å². The van der Waals surface area contributed by atoms with Crippen LogP contribution in [0.15, 0.2) is 48.7 Å². The number of ether oxygens (including phenoxy) is 1. The molecule has 2 heterocycles. The van der Waals surface area contributed by atoms with Crippen LogP contribution < -0.4 is 0 Å². The molecule has 4 nitrogen and oxygen atoms in total. The maximum atomic E-state index is 5.13. The molecule has 0 aliphatic carbocycles. The lowest BCUT2D eigenvalue weighted by Crippen LogP contribution is -2.03. The number of benzene rings is 1. The van der Waals surface area contributed by atoms with Crippen molar-refractivity contribution in [2.45, 2.75) is 12.8 Å². The molecule has 0 radical (unpaired) electrons. The molecule has 0 saturated carbocycles. The van der Waals surface area contributed by atoms with E-state index >= 15 is 0 Å². The molecule has 1 aromatic carbocycles. The number of nitrogens with zero attached hydrogens (tertiary/aromatic N) is 3. The van der Waals surface area contributed by atoms with Gasteiger partial charge in [0.05, 0.1) is 0 Å². The molecule has 0 bridgehead atoms. The highest BCUT2D eigenvalue weighted by molar-refractivity contribution is 5.73. The fraction of sp³-hybridized carbons (Fsp3) is 0.250. The summed E-state index contributed by atoms with van der Waals surface area (Å²) in [5.74, 6) is 1.03. The first-order valence-electron chi connectivity index (χ1n) is 6.77. The Kier molecular flexibility index (Phi) is 3.74. The molecule has 0 unspecified atom stereocenters. The lowest BCUT2D eigenvalue weighted by Gasteiger charge is -2.08. The van der Waals surface area contributed by atoms with Gasteiger partial charge in [-0.2, -0.15) is 0 Å². The highest BCUT2D eigenvalue weighted by Gasteiger charge is 2.12. The molecule has 4 heteroatoms. The maximum Gasteiger partial charge on any atom is 0.164 e. The van der Waals surface area contributed by atoms with Crippen molar-refractivity contribution in [3.05, 3.63) is 54.5 Å². The van der Waals surface area contributed by atoms with E-state index in [0.29, 0.717) is 0 Å². The van der Waals surface area contributed by atoms with Crippen LogP contribution in [0.3, 0.4) is 0 Å². The van der Waals surface area contributed by atoms with Crippen LogP contribution in [0.2, 0.25) is 0 Å². The highest BCUT2D eigenvalue weighted by atomic mass is 16.5. The number of methoxy groups -OCH3 is 1. The molecular formula is C16H17N3O. The van der Waals surface area contributed by atoms with E-state index in [-0.39, 0.29) is 0 Å². The van der Waals surface area contributed by atoms with Crippen molar-refractivity contribution in [1.82, 2.24) is 14.5 Å². The number of aryl methyl sites for hydroxylation is 1.